The quantitative estimate of drug-likeness (QED) is 0.104. The van der Waals surface area contributed by atoms with Gasteiger partial charge < -0.3 is 5.11 Å². The standard InChI is InChI=1S/C23H21N2S.C17H32O2.Ir/c1-15-14-26-22(25-15)17-9-10-24-21(13-17)18-11-16-7-5-6-8-19(16)20(12-18)23(2,3)4;1-10(2)16(11(3)4)14(18)9-15(19)17(12(5)6)13(7)8;/h5-10,12-14H,1-4H3;9-13,16-18H,1-8H3;/q-1;;/b;14-9-;. The first-order valence-corrected chi connectivity index (χ1v) is 17.2. The summed E-state index contributed by atoms with van der Waals surface area (Å²) < 4.78 is 0. The van der Waals surface area contributed by atoms with Gasteiger partial charge in [0.1, 0.15) is 5.01 Å². The maximum atomic E-state index is 12.3. The number of aryl methyl sites for hydroxylation is 1. The second-order valence-electron chi connectivity index (χ2n) is 14.6. The van der Waals surface area contributed by atoms with E-state index in [1.165, 1.54) is 17.0 Å². The summed E-state index contributed by atoms with van der Waals surface area (Å²) in [5, 5.41) is 15.8. The molecular weight excluding hydrogens is 765 g/mol. The van der Waals surface area contributed by atoms with Crippen LogP contribution >= 0.6 is 11.3 Å². The molecule has 4 aromatic rings. The topological polar surface area (TPSA) is 63.1 Å². The number of rotatable bonds is 9. The van der Waals surface area contributed by atoms with Gasteiger partial charge in [-0.15, -0.1) is 40.5 Å². The number of carbonyl (C=O) groups is 1. The number of carbonyl (C=O) groups excluding carboxylic acids is 1. The smallest absolute Gasteiger partial charge is 0.162 e. The second kappa shape index (κ2) is 16.9. The zero-order chi connectivity index (χ0) is 33.6. The monoisotopic (exact) mass is 818 g/mol. The van der Waals surface area contributed by atoms with Gasteiger partial charge in [0.15, 0.2) is 5.78 Å². The largest absolute Gasteiger partial charge is 0.512 e. The van der Waals surface area contributed by atoms with Gasteiger partial charge in [-0.1, -0.05) is 111 Å². The summed E-state index contributed by atoms with van der Waals surface area (Å²) >= 11 is 1.67. The van der Waals surface area contributed by atoms with Crippen molar-refractivity contribution >= 4 is 27.9 Å². The fraction of sp³-hybridized carbons (Fsp3) is 0.475. The molecule has 4 nitrogen and oxygen atoms in total. The molecule has 251 valence electrons. The Kier molecular flexibility index (Phi) is 14.6. The molecule has 4 rings (SSSR count). The van der Waals surface area contributed by atoms with Crippen LogP contribution in [0.15, 0.2) is 65.9 Å². The maximum absolute atomic E-state index is 12.3. The molecule has 1 radical (unpaired) electrons. The summed E-state index contributed by atoms with van der Waals surface area (Å²) in [6, 6.07) is 18.4. The van der Waals surface area contributed by atoms with Gasteiger partial charge in [-0.25, -0.2) is 4.98 Å². The number of allylic oxidation sites excluding steroid dienone is 2. The van der Waals surface area contributed by atoms with Crippen molar-refractivity contribution in [3.05, 3.63) is 83.2 Å². The van der Waals surface area contributed by atoms with E-state index in [9.17, 15) is 9.90 Å². The van der Waals surface area contributed by atoms with E-state index in [0.29, 0.717) is 23.7 Å². The van der Waals surface area contributed by atoms with Gasteiger partial charge in [0.2, 0.25) is 0 Å². The molecule has 0 aliphatic carbocycles. The van der Waals surface area contributed by atoms with E-state index >= 15 is 0 Å². The van der Waals surface area contributed by atoms with E-state index in [-0.39, 0.29) is 48.9 Å². The van der Waals surface area contributed by atoms with Crippen LogP contribution in [0.5, 0.6) is 0 Å². The Morgan fingerprint density at radius 1 is 0.891 bits per heavy atom. The van der Waals surface area contributed by atoms with Crippen molar-refractivity contribution in [1.29, 1.82) is 0 Å². The predicted octanol–water partition coefficient (Wildman–Crippen LogP) is 11.3. The van der Waals surface area contributed by atoms with Crippen LogP contribution in [0.2, 0.25) is 0 Å². The van der Waals surface area contributed by atoms with Crippen molar-refractivity contribution in [3.8, 4) is 21.8 Å². The van der Waals surface area contributed by atoms with Crippen molar-refractivity contribution in [3.63, 3.8) is 0 Å². The molecule has 0 fully saturated rings. The number of aromatic nitrogens is 2. The van der Waals surface area contributed by atoms with Gasteiger partial charge in [0, 0.05) is 66.5 Å². The van der Waals surface area contributed by atoms with Crippen LogP contribution in [0.1, 0.15) is 87.4 Å². The Morgan fingerprint density at radius 2 is 1.48 bits per heavy atom. The molecule has 6 heteroatoms. The number of aliphatic hydroxyl groups is 1. The fourth-order valence-electron chi connectivity index (χ4n) is 6.40. The SMILES string of the molecule is CC(C)C(C(=O)/C=C(\O)C(C(C)C)C(C)C)C(C)C.Cc1csc(-c2ccnc(-c3[c-]c4ccccc4c(C(C)(C)C)c3)c2)n1.[Ir]. The molecule has 0 spiro atoms. The second-order valence-corrected chi connectivity index (χ2v) is 15.5. The zero-order valence-corrected chi connectivity index (χ0v) is 32.9. The van der Waals surface area contributed by atoms with Crippen LogP contribution < -0.4 is 0 Å². The van der Waals surface area contributed by atoms with E-state index in [1.807, 2.05) is 19.2 Å². The Balaban J connectivity index is 0.000000332. The molecular formula is C40H53IrN2O2S-. The van der Waals surface area contributed by atoms with Crippen LogP contribution in [-0.4, -0.2) is 20.9 Å². The van der Waals surface area contributed by atoms with Gasteiger partial charge >= 0.3 is 0 Å². The minimum absolute atomic E-state index is 0. The molecule has 0 saturated heterocycles. The van der Waals surface area contributed by atoms with Crippen LogP contribution in [0.4, 0.5) is 0 Å². The fourth-order valence-corrected chi connectivity index (χ4v) is 7.20. The summed E-state index contributed by atoms with van der Waals surface area (Å²) in [6.07, 6.45) is 3.34. The number of thiazole rings is 1. The van der Waals surface area contributed by atoms with Crippen LogP contribution in [0.25, 0.3) is 32.6 Å². The molecule has 0 aliphatic rings. The molecule has 1 N–H and O–H groups in total. The number of fused-ring (bicyclic) bond motifs is 1. The van der Waals surface area contributed by atoms with Crippen LogP contribution in [0.3, 0.4) is 0 Å². The van der Waals surface area contributed by atoms with Crippen molar-refractivity contribution in [2.75, 3.05) is 0 Å². The van der Waals surface area contributed by atoms with Gasteiger partial charge in [0.05, 0.1) is 5.76 Å². The van der Waals surface area contributed by atoms with E-state index in [2.05, 4.69) is 134 Å². The number of hydrogen-bond donors (Lipinski definition) is 1. The molecule has 0 unspecified atom stereocenters. The van der Waals surface area contributed by atoms with E-state index in [1.54, 1.807) is 11.3 Å². The normalized spacial score (nSPS) is 12.3. The predicted molar refractivity (Wildman–Crippen MR) is 193 cm³/mol. The minimum Gasteiger partial charge on any atom is -0.512 e. The Labute approximate surface area is 295 Å². The summed E-state index contributed by atoms with van der Waals surface area (Å²) in [5.41, 5.74) is 5.49. The number of ketones is 1. The van der Waals surface area contributed by atoms with Crippen LogP contribution in [0, 0.1) is 48.5 Å². The van der Waals surface area contributed by atoms with Crippen LogP contribution in [-0.2, 0) is 30.3 Å². The molecule has 2 aromatic carbocycles. The number of aliphatic hydroxyl groups excluding tert-OH is 1. The summed E-state index contributed by atoms with van der Waals surface area (Å²) in [6.45, 7) is 25.4. The summed E-state index contributed by atoms with van der Waals surface area (Å²) in [4.78, 5) is 21.6. The van der Waals surface area contributed by atoms with Gasteiger partial charge in [-0.05, 0) is 42.1 Å². The first kappa shape index (κ1) is 39.5. The molecule has 2 heterocycles. The molecule has 0 aliphatic heterocycles. The minimum atomic E-state index is -0.0119. The van der Waals surface area contributed by atoms with E-state index < -0.39 is 0 Å². The van der Waals surface area contributed by atoms with Gasteiger partial charge in [-0.3, -0.25) is 9.78 Å². The van der Waals surface area contributed by atoms with Crippen molar-refractivity contribution in [1.82, 2.24) is 9.97 Å². The third-order valence-electron chi connectivity index (χ3n) is 8.32. The van der Waals surface area contributed by atoms with Crippen molar-refractivity contribution < 1.29 is 30.0 Å². The zero-order valence-electron chi connectivity index (χ0n) is 29.7. The van der Waals surface area contributed by atoms with Crippen molar-refractivity contribution in [2.45, 2.75) is 88.5 Å². The van der Waals surface area contributed by atoms with Gasteiger partial charge in [-0.2, -0.15) is 0 Å². The third-order valence-corrected chi connectivity index (χ3v) is 9.33. The average Bonchev–Trinajstić information content (AvgIpc) is 3.37. The number of hydrogen-bond acceptors (Lipinski definition) is 5. The molecule has 2 aromatic heterocycles. The van der Waals surface area contributed by atoms with Gasteiger partial charge in [0.25, 0.3) is 0 Å². The Morgan fingerprint density at radius 3 is 2.00 bits per heavy atom. The molecule has 0 bridgehead atoms. The molecule has 0 atom stereocenters. The Bertz CT molecular complexity index is 1600. The molecule has 0 amide bonds. The first-order chi connectivity index (χ1) is 21.0. The number of nitrogens with zero attached hydrogens (tertiary/aromatic N) is 2. The molecule has 0 saturated carbocycles. The van der Waals surface area contributed by atoms with Crippen molar-refractivity contribution in [2.24, 2.45) is 35.5 Å². The van der Waals surface area contributed by atoms with E-state index in [0.717, 1.165) is 32.9 Å². The average molecular weight is 818 g/mol. The number of benzene rings is 2. The summed E-state index contributed by atoms with van der Waals surface area (Å²) in [7, 11) is 0. The molecule has 46 heavy (non-hydrogen) atoms. The Hall–Kier alpha value is -2.66. The third kappa shape index (κ3) is 10.2. The van der Waals surface area contributed by atoms with E-state index in [4.69, 9.17) is 0 Å². The first-order valence-electron chi connectivity index (χ1n) is 16.3. The summed E-state index contributed by atoms with van der Waals surface area (Å²) in [5.74, 6) is 1.63. The number of pyridine rings is 1. The maximum Gasteiger partial charge on any atom is 0.162 e.